The van der Waals surface area contributed by atoms with E-state index in [1.165, 1.54) is 19.3 Å². The summed E-state index contributed by atoms with van der Waals surface area (Å²) in [4.78, 5) is 38.5. The van der Waals surface area contributed by atoms with Crippen LogP contribution < -0.4 is 15.0 Å². The van der Waals surface area contributed by atoms with E-state index in [2.05, 4.69) is 5.32 Å². The van der Waals surface area contributed by atoms with Crippen molar-refractivity contribution in [1.29, 1.82) is 0 Å². The van der Waals surface area contributed by atoms with Crippen LogP contribution in [0.1, 0.15) is 16.7 Å². The second-order valence-electron chi connectivity index (χ2n) is 6.36. The van der Waals surface area contributed by atoms with Crippen molar-refractivity contribution in [2.45, 2.75) is 13.8 Å². The van der Waals surface area contributed by atoms with Gasteiger partial charge >= 0.3 is 6.03 Å². The smallest absolute Gasteiger partial charge is 0.335 e. The number of nitrogens with zero attached hydrogens (tertiary/aromatic N) is 1. The van der Waals surface area contributed by atoms with Crippen molar-refractivity contribution in [3.63, 3.8) is 0 Å². The number of hydrogen-bond acceptors (Lipinski definition) is 5. The number of anilines is 1. The number of halogens is 1. The highest BCUT2D eigenvalue weighted by molar-refractivity contribution is 14.1. The Morgan fingerprint density at radius 3 is 2.32 bits per heavy atom. The number of nitrogens with one attached hydrogen (secondary N) is 1. The van der Waals surface area contributed by atoms with Gasteiger partial charge in [0.2, 0.25) is 0 Å². The summed E-state index contributed by atoms with van der Waals surface area (Å²) in [6.07, 6.45) is 1.36. The minimum atomic E-state index is -0.796. The van der Waals surface area contributed by atoms with Gasteiger partial charge in [-0.05, 0) is 83.5 Å². The molecule has 1 heterocycles. The summed E-state index contributed by atoms with van der Waals surface area (Å²) < 4.78 is 5.60. The third-order valence-corrected chi connectivity index (χ3v) is 4.97. The number of benzene rings is 2. The maximum atomic E-state index is 13.0. The van der Waals surface area contributed by atoms with E-state index in [4.69, 9.17) is 4.74 Å². The lowest BCUT2D eigenvalue weighted by Crippen LogP contribution is -2.54. The van der Waals surface area contributed by atoms with Crippen LogP contribution in [0.3, 0.4) is 0 Å². The highest BCUT2D eigenvalue weighted by atomic mass is 127. The minimum Gasteiger partial charge on any atom is -0.504 e. The van der Waals surface area contributed by atoms with Crippen LogP contribution in [0.15, 0.2) is 35.9 Å². The molecule has 3 rings (SSSR count). The van der Waals surface area contributed by atoms with Gasteiger partial charge in [-0.25, -0.2) is 9.69 Å². The first kappa shape index (κ1) is 19.9. The molecule has 1 aliphatic heterocycles. The molecule has 2 aromatic rings. The number of carbonyl (C=O) groups excluding carboxylic acids is 3. The number of barbiturate groups is 1. The zero-order chi connectivity index (χ0) is 20.6. The van der Waals surface area contributed by atoms with Crippen LogP contribution in [0.2, 0.25) is 0 Å². The van der Waals surface area contributed by atoms with Crippen molar-refractivity contribution in [3.8, 4) is 11.5 Å². The lowest BCUT2D eigenvalue weighted by Gasteiger charge is -2.27. The van der Waals surface area contributed by atoms with Gasteiger partial charge in [0.1, 0.15) is 5.57 Å². The van der Waals surface area contributed by atoms with Gasteiger partial charge in [-0.15, -0.1) is 0 Å². The van der Waals surface area contributed by atoms with Crippen molar-refractivity contribution in [2.24, 2.45) is 0 Å². The average molecular weight is 492 g/mol. The fourth-order valence-corrected chi connectivity index (χ4v) is 3.60. The minimum absolute atomic E-state index is 0.0308. The van der Waals surface area contributed by atoms with Gasteiger partial charge in [0.15, 0.2) is 11.5 Å². The normalized spacial score (nSPS) is 15.8. The maximum absolute atomic E-state index is 13.0. The van der Waals surface area contributed by atoms with E-state index in [0.717, 1.165) is 16.0 Å². The van der Waals surface area contributed by atoms with E-state index in [9.17, 15) is 19.5 Å². The Morgan fingerprint density at radius 2 is 1.71 bits per heavy atom. The van der Waals surface area contributed by atoms with Crippen LogP contribution in [0.4, 0.5) is 10.5 Å². The van der Waals surface area contributed by atoms with Crippen LogP contribution in [0.5, 0.6) is 11.5 Å². The van der Waals surface area contributed by atoms with Gasteiger partial charge in [-0.2, -0.15) is 0 Å². The number of phenols is 1. The predicted octanol–water partition coefficient (Wildman–Crippen LogP) is 3.29. The van der Waals surface area contributed by atoms with Gasteiger partial charge in [-0.1, -0.05) is 6.07 Å². The fourth-order valence-electron chi connectivity index (χ4n) is 2.97. The summed E-state index contributed by atoms with van der Waals surface area (Å²) in [7, 11) is 1.40. The van der Waals surface area contributed by atoms with E-state index in [1.807, 2.05) is 42.5 Å². The molecule has 0 atom stereocenters. The number of ether oxygens (including phenoxy) is 1. The van der Waals surface area contributed by atoms with Crippen LogP contribution in [-0.4, -0.2) is 30.1 Å². The molecule has 0 aromatic heterocycles. The van der Waals surface area contributed by atoms with Gasteiger partial charge in [-0.3, -0.25) is 14.9 Å². The number of aryl methyl sites for hydroxylation is 2. The molecule has 4 amide bonds. The molecule has 1 saturated heterocycles. The largest absolute Gasteiger partial charge is 0.504 e. The number of amides is 4. The molecule has 0 bridgehead atoms. The summed E-state index contributed by atoms with van der Waals surface area (Å²) in [5.41, 5.74) is 2.44. The Balaban J connectivity index is 2.07. The van der Waals surface area contributed by atoms with Crippen molar-refractivity contribution < 1.29 is 24.2 Å². The van der Waals surface area contributed by atoms with Gasteiger partial charge in [0.05, 0.1) is 16.4 Å². The first-order valence-electron chi connectivity index (χ1n) is 8.27. The number of urea groups is 1. The molecule has 28 heavy (non-hydrogen) atoms. The third-order valence-electron chi connectivity index (χ3n) is 4.15. The third kappa shape index (κ3) is 3.72. The summed E-state index contributed by atoms with van der Waals surface area (Å²) >= 11 is 1.92. The van der Waals surface area contributed by atoms with Crippen LogP contribution in [-0.2, 0) is 9.59 Å². The Labute approximate surface area is 175 Å². The van der Waals surface area contributed by atoms with Gasteiger partial charge in [0, 0.05) is 0 Å². The van der Waals surface area contributed by atoms with E-state index in [1.54, 1.807) is 18.2 Å². The van der Waals surface area contributed by atoms with Crippen molar-refractivity contribution in [2.75, 3.05) is 12.0 Å². The summed E-state index contributed by atoms with van der Waals surface area (Å²) in [6.45, 7) is 3.71. The zero-order valence-electron chi connectivity index (χ0n) is 15.4. The van der Waals surface area contributed by atoms with Gasteiger partial charge < -0.3 is 9.84 Å². The molecule has 0 aliphatic carbocycles. The van der Waals surface area contributed by atoms with Crippen LogP contribution in [0, 0.1) is 17.4 Å². The topological polar surface area (TPSA) is 95.9 Å². The van der Waals surface area contributed by atoms with Crippen molar-refractivity contribution in [3.05, 3.63) is 56.2 Å². The number of phenolic OH excluding ortho intramolecular Hbond substituents is 1. The monoisotopic (exact) mass is 492 g/mol. The lowest BCUT2D eigenvalue weighted by atomic mass is 10.1. The molecule has 1 fully saturated rings. The molecule has 0 saturated carbocycles. The first-order valence-corrected chi connectivity index (χ1v) is 9.35. The molecule has 2 N–H and O–H groups in total. The van der Waals surface area contributed by atoms with E-state index >= 15 is 0 Å². The highest BCUT2D eigenvalue weighted by Gasteiger charge is 2.37. The standard InChI is InChI=1S/C20H17IN2O5/c1-10-4-11(2)6-13(5-10)23-19(26)14(18(25)22-20(23)27)7-12-8-15(21)17(24)16(9-12)28-3/h4-9,24H,1-3H3,(H,22,25,27). The summed E-state index contributed by atoms with van der Waals surface area (Å²) in [6, 6.07) is 7.62. The van der Waals surface area contributed by atoms with Crippen LogP contribution in [0.25, 0.3) is 6.08 Å². The van der Waals surface area contributed by atoms with E-state index in [0.29, 0.717) is 14.8 Å². The Kier molecular flexibility index (Phi) is 5.41. The Hall–Kier alpha value is -2.88. The number of aromatic hydroxyl groups is 1. The Morgan fingerprint density at radius 1 is 1.07 bits per heavy atom. The number of carbonyl (C=O) groups is 3. The molecule has 2 aromatic carbocycles. The quantitative estimate of drug-likeness (QED) is 0.390. The molecule has 0 spiro atoms. The lowest BCUT2D eigenvalue weighted by molar-refractivity contribution is -0.122. The predicted molar refractivity (Wildman–Crippen MR) is 112 cm³/mol. The number of rotatable bonds is 3. The summed E-state index contributed by atoms with van der Waals surface area (Å²) in [5.74, 6) is -1.32. The zero-order valence-corrected chi connectivity index (χ0v) is 17.5. The molecular formula is C20H17IN2O5. The second-order valence-corrected chi connectivity index (χ2v) is 7.52. The number of methoxy groups -OCH3 is 1. The molecular weight excluding hydrogens is 475 g/mol. The molecule has 8 heteroatoms. The second kappa shape index (κ2) is 7.63. The molecule has 0 radical (unpaired) electrons. The SMILES string of the molecule is COc1cc(C=C2C(=O)NC(=O)N(c3cc(C)cc(C)c3)C2=O)cc(I)c1O. The van der Waals surface area contributed by atoms with E-state index < -0.39 is 17.8 Å². The molecule has 7 nitrogen and oxygen atoms in total. The molecule has 1 aliphatic rings. The van der Waals surface area contributed by atoms with E-state index in [-0.39, 0.29) is 17.1 Å². The maximum Gasteiger partial charge on any atom is 0.335 e. The first-order chi connectivity index (χ1) is 13.2. The van der Waals surface area contributed by atoms with Crippen molar-refractivity contribution in [1.82, 2.24) is 5.32 Å². The van der Waals surface area contributed by atoms with Crippen LogP contribution >= 0.6 is 22.6 Å². The summed E-state index contributed by atoms with van der Waals surface area (Å²) in [5, 5.41) is 12.2. The average Bonchev–Trinajstić information content (AvgIpc) is 2.60. The highest BCUT2D eigenvalue weighted by Crippen LogP contribution is 2.33. The fraction of sp³-hybridized carbons (Fsp3) is 0.150. The Bertz CT molecular complexity index is 1020. The number of hydrogen-bond donors (Lipinski definition) is 2. The van der Waals surface area contributed by atoms with Gasteiger partial charge in [0.25, 0.3) is 11.8 Å². The molecule has 0 unspecified atom stereocenters. The van der Waals surface area contributed by atoms with Crippen molar-refractivity contribution >= 4 is 52.2 Å². The number of imide groups is 2. The molecule has 144 valence electrons.